The van der Waals surface area contributed by atoms with Gasteiger partial charge in [0.05, 0.1) is 30.9 Å². The van der Waals surface area contributed by atoms with E-state index >= 15 is 0 Å². The number of nitrogens with zero attached hydrogens (tertiary/aromatic N) is 3. The fourth-order valence-electron chi connectivity index (χ4n) is 8.94. The van der Waals surface area contributed by atoms with Crippen LogP contribution in [0.25, 0.3) is 0 Å². The summed E-state index contributed by atoms with van der Waals surface area (Å²) in [5.74, 6) is -0.598. The van der Waals surface area contributed by atoms with E-state index < -0.39 is 40.1 Å². The smallest absolute Gasteiger partial charge is 0.303 e. The van der Waals surface area contributed by atoms with Crippen molar-refractivity contribution in [2.45, 2.75) is 81.0 Å². The zero-order valence-electron chi connectivity index (χ0n) is 30.5. The van der Waals surface area contributed by atoms with Crippen LogP contribution in [0.5, 0.6) is 5.75 Å². The standard InChI is InChI=1S/C39H51ClN4O8S/c1-42-17-4-3-7-34(51-2)31-11-8-27(31)23-43-24-38(16-5-6-26-20-29(40)10-12-32(26)38)25-52-35-13-9-28(21-33(35)43)39(48,22-36(42)46)37(47)41-53(49,50)44-18-14-30(45)15-19-44/h3,7,9-10,12-13,20-21,27,30-31,34,45,48H,4-6,8,11,14-19,22-25H2,1-2H3,(H,41,47)/b7-3-/t27-,31+,34-,38-,39+/m0/s1. The van der Waals surface area contributed by atoms with Crippen LogP contribution in [-0.4, -0.2) is 105 Å². The quantitative estimate of drug-likeness (QED) is 0.397. The Hall–Kier alpha value is -3.20. The molecular formula is C39H51ClN4O8S. The third-order valence-electron chi connectivity index (χ3n) is 12.3. The summed E-state index contributed by atoms with van der Waals surface area (Å²) in [4.78, 5) is 31.7. The number of hydrogen-bond acceptors (Lipinski definition) is 9. The predicted molar refractivity (Wildman–Crippen MR) is 201 cm³/mol. The third kappa shape index (κ3) is 7.57. The minimum absolute atomic E-state index is 0.0196. The van der Waals surface area contributed by atoms with Gasteiger partial charge in [-0.2, -0.15) is 12.7 Å². The summed E-state index contributed by atoms with van der Waals surface area (Å²) in [7, 11) is -1.06. The van der Waals surface area contributed by atoms with Gasteiger partial charge in [0, 0.05) is 57.3 Å². The molecule has 5 atom stereocenters. The second-order valence-corrected chi connectivity index (χ2v) is 17.7. The highest BCUT2D eigenvalue weighted by Gasteiger charge is 2.47. The van der Waals surface area contributed by atoms with Gasteiger partial charge in [-0.15, -0.1) is 0 Å². The number of hydrogen-bond donors (Lipinski definition) is 3. The summed E-state index contributed by atoms with van der Waals surface area (Å²) >= 11 is 6.46. The van der Waals surface area contributed by atoms with Crippen LogP contribution in [0.2, 0.25) is 5.02 Å². The number of carbonyl (C=O) groups excluding carboxylic acids is 2. The number of rotatable bonds is 4. The normalized spacial score (nSPS) is 30.7. The number of halogens is 1. The first-order valence-corrected chi connectivity index (χ1v) is 20.6. The molecule has 14 heteroatoms. The van der Waals surface area contributed by atoms with Crippen LogP contribution in [0, 0.1) is 11.8 Å². The van der Waals surface area contributed by atoms with Crippen molar-refractivity contribution in [3.8, 4) is 5.75 Å². The van der Waals surface area contributed by atoms with E-state index in [0.29, 0.717) is 49.1 Å². The Morgan fingerprint density at radius 1 is 1.09 bits per heavy atom. The van der Waals surface area contributed by atoms with Gasteiger partial charge in [-0.3, -0.25) is 9.59 Å². The molecule has 0 unspecified atom stereocenters. The summed E-state index contributed by atoms with van der Waals surface area (Å²) in [5, 5.41) is 23.1. The van der Waals surface area contributed by atoms with E-state index in [1.165, 1.54) is 16.0 Å². The molecule has 2 aliphatic carbocycles. The molecule has 288 valence electrons. The molecule has 2 aromatic carbocycles. The zero-order valence-corrected chi connectivity index (χ0v) is 32.1. The largest absolute Gasteiger partial charge is 0.490 e. The summed E-state index contributed by atoms with van der Waals surface area (Å²) < 4.78 is 42.8. The maximum Gasteiger partial charge on any atom is 0.303 e. The fourth-order valence-corrected chi connectivity index (χ4v) is 10.4. The second kappa shape index (κ2) is 15.1. The third-order valence-corrected chi connectivity index (χ3v) is 14.0. The molecule has 12 nitrogen and oxygen atoms in total. The highest BCUT2D eigenvalue weighted by atomic mass is 35.5. The Kier molecular flexibility index (Phi) is 10.9. The molecule has 2 bridgehead atoms. The predicted octanol–water partition coefficient (Wildman–Crippen LogP) is 3.67. The maximum atomic E-state index is 14.2. The van der Waals surface area contributed by atoms with Crippen LogP contribution in [0.15, 0.2) is 48.6 Å². The number of fused-ring (bicyclic) bond motifs is 4. The highest BCUT2D eigenvalue weighted by Crippen LogP contribution is 2.48. The molecule has 0 aromatic heterocycles. The lowest BCUT2D eigenvalue weighted by molar-refractivity contribution is -0.148. The van der Waals surface area contributed by atoms with Crippen molar-refractivity contribution in [1.29, 1.82) is 0 Å². The number of carbonyl (C=O) groups is 2. The van der Waals surface area contributed by atoms with Crippen LogP contribution < -0.4 is 14.4 Å². The Morgan fingerprint density at radius 2 is 1.89 bits per heavy atom. The molecule has 3 N–H and O–H groups in total. The molecule has 7 rings (SSSR count). The first-order valence-electron chi connectivity index (χ1n) is 18.8. The highest BCUT2D eigenvalue weighted by molar-refractivity contribution is 7.87. The van der Waals surface area contributed by atoms with Crippen LogP contribution in [0.3, 0.4) is 0 Å². The Labute approximate surface area is 317 Å². The molecule has 2 fully saturated rings. The number of benzene rings is 2. The van der Waals surface area contributed by atoms with E-state index in [0.717, 1.165) is 36.4 Å². The van der Waals surface area contributed by atoms with Crippen molar-refractivity contribution in [2.24, 2.45) is 11.8 Å². The van der Waals surface area contributed by atoms with E-state index in [9.17, 15) is 28.2 Å². The van der Waals surface area contributed by atoms with Gasteiger partial charge in [0.2, 0.25) is 5.91 Å². The number of piperidine rings is 1. The Balaban J connectivity index is 1.31. The van der Waals surface area contributed by atoms with Gasteiger partial charge < -0.3 is 29.5 Å². The lowest BCUT2D eigenvalue weighted by Crippen LogP contribution is -2.54. The molecular weight excluding hydrogens is 720 g/mol. The number of methoxy groups -OCH3 is 1. The number of aliphatic hydroxyl groups excluding tert-OH is 1. The molecule has 2 amide bonds. The SMILES string of the molecule is CO[C@H]1/C=C\CCN(C)C(=O)C[C@](O)(C(=O)NS(=O)(=O)N2CCC(O)CC2)c2ccc3c(c2)N(C[C@@H]2CC[C@H]21)C[C@@]1(CCCc2cc(Cl)ccc21)CO3. The average Bonchev–Trinajstić information content (AvgIpc) is 3.27. The summed E-state index contributed by atoms with van der Waals surface area (Å²) in [6.07, 6.45) is 8.50. The molecule has 1 saturated carbocycles. The second-order valence-electron chi connectivity index (χ2n) is 15.6. The minimum Gasteiger partial charge on any atom is -0.490 e. The van der Waals surface area contributed by atoms with Crippen molar-refractivity contribution in [2.75, 3.05) is 58.4 Å². The number of anilines is 1. The molecule has 0 radical (unpaired) electrons. The van der Waals surface area contributed by atoms with Gasteiger partial charge in [-0.25, -0.2) is 4.72 Å². The van der Waals surface area contributed by atoms with Gasteiger partial charge in [-0.05, 0) is 104 Å². The number of nitrogens with one attached hydrogen (secondary N) is 1. The van der Waals surface area contributed by atoms with Crippen molar-refractivity contribution in [3.05, 3.63) is 70.3 Å². The lowest BCUT2D eigenvalue weighted by atomic mass is 9.68. The van der Waals surface area contributed by atoms with Crippen molar-refractivity contribution in [1.82, 2.24) is 13.9 Å². The van der Waals surface area contributed by atoms with Gasteiger partial charge in [0.15, 0.2) is 5.60 Å². The van der Waals surface area contributed by atoms with E-state index in [1.54, 1.807) is 32.4 Å². The van der Waals surface area contributed by atoms with Crippen molar-refractivity contribution >= 4 is 39.3 Å². The monoisotopic (exact) mass is 770 g/mol. The van der Waals surface area contributed by atoms with E-state index in [2.05, 4.69) is 21.8 Å². The van der Waals surface area contributed by atoms with Gasteiger partial charge in [-0.1, -0.05) is 35.9 Å². The molecule has 3 aliphatic heterocycles. The molecule has 1 saturated heterocycles. The zero-order chi connectivity index (χ0) is 37.5. The summed E-state index contributed by atoms with van der Waals surface area (Å²) in [6, 6.07) is 11.1. The van der Waals surface area contributed by atoms with Gasteiger partial charge in [0.25, 0.3) is 5.91 Å². The number of aliphatic hydroxyl groups is 2. The minimum atomic E-state index is -4.40. The Bertz CT molecular complexity index is 1850. The average molecular weight is 771 g/mol. The summed E-state index contributed by atoms with van der Waals surface area (Å²) in [6.45, 7) is 2.06. The Morgan fingerprint density at radius 3 is 2.62 bits per heavy atom. The van der Waals surface area contributed by atoms with Crippen LogP contribution in [-0.2, 0) is 42.0 Å². The molecule has 2 aromatic rings. The van der Waals surface area contributed by atoms with Crippen LogP contribution >= 0.6 is 11.6 Å². The summed E-state index contributed by atoms with van der Waals surface area (Å²) in [5.41, 5.74) is 0.267. The van der Waals surface area contributed by atoms with Crippen molar-refractivity contribution < 1.29 is 37.7 Å². The number of ether oxygens (including phenoxy) is 2. The fraction of sp³-hybridized carbons (Fsp3) is 0.590. The number of aryl methyl sites for hydroxylation is 1. The first-order chi connectivity index (χ1) is 25.3. The van der Waals surface area contributed by atoms with Gasteiger partial charge >= 0.3 is 10.2 Å². The van der Waals surface area contributed by atoms with Crippen LogP contribution in [0.4, 0.5) is 5.69 Å². The van der Waals surface area contributed by atoms with E-state index in [4.69, 9.17) is 21.1 Å². The lowest BCUT2D eigenvalue weighted by Gasteiger charge is -2.46. The van der Waals surface area contributed by atoms with Crippen LogP contribution in [0.1, 0.15) is 68.1 Å². The van der Waals surface area contributed by atoms with E-state index in [-0.39, 0.29) is 54.8 Å². The van der Waals surface area contributed by atoms with Crippen molar-refractivity contribution in [3.63, 3.8) is 0 Å². The van der Waals surface area contributed by atoms with E-state index in [1.807, 2.05) is 18.2 Å². The van der Waals surface area contributed by atoms with Gasteiger partial charge in [0.1, 0.15) is 5.75 Å². The number of amides is 2. The maximum absolute atomic E-state index is 14.2. The topological polar surface area (TPSA) is 149 Å². The molecule has 53 heavy (non-hydrogen) atoms. The first kappa shape index (κ1) is 38.1. The molecule has 1 spiro atoms. The molecule has 3 heterocycles. The molecule has 5 aliphatic rings.